The number of nitrogens with one attached hydrogen (secondary N) is 2. The number of carbonyl (C=O) groups is 1. The van der Waals surface area contributed by atoms with E-state index in [2.05, 4.69) is 18.8 Å². The van der Waals surface area contributed by atoms with Gasteiger partial charge >= 0.3 is 0 Å². The Morgan fingerprint density at radius 1 is 1.04 bits per heavy atom. The fourth-order valence-corrected chi connectivity index (χ4v) is 5.44. The van der Waals surface area contributed by atoms with Gasteiger partial charge in [0.1, 0.15) is 22.0 Å². The smallest absolute Gasteiger partial charge is 0.243 e. The molecule has 1 aliphatic rings. The summed E-state index contributed by atoms with van der Waals surface area (Å²) in [4.78, 5) is 13.0. The highest BCUT2D eigenvalue weighted by Gasteiger charge is 2.30. The minimum absolute atomic E-state index is 0.0216. The van der Waals surface area contributed by atoms with Crippen LogP contribution in [0, 0.1) is 0 Å². The van der Waals surface area contributed by atoms with E-state index < -0.39 is 16.1 Å². The molecule has 0 bridgehead atoms. The van der Waals surface area contributed by atoms with Crippen LogP contribution >= 0.6 is 11.7 Å². The lowest BCUT2D eigenvalue weighted by molar-refractivity contribution is -0.123. The Labute approximate surface area is 167 Å². The maximum Gasteiger partial charge on any atom is 0.243 e. The van der Waals surface area contributed by atoms with Crippen molar-refractivity contribution in [1.82, 2.24) is 18.8 Å². The molecular formula is C19H20N4O3S2. The van der Waals surface area contributed by atoms with E-state index in [0.29, 0.717) is 16.6 Å². The van der Waals surface area contributed by atoms with Crippen LogP contribution in [0.2, 0.25) is 0 Å². The number of nitrogens with zero attached hydrogens (tertiary/aromatic N) is 2. The number of amides is 1. The summed E-state index contributed by atoms with van der Waals surface area (Å²) in [5.41, 5.74) is 1.41. The third kappa shape index (κ3) is 3.91. The van der Waals surface area contributed by atoms with Gasteiger partial charge in [-0.05, 0) is 30.5 Å². The monoisotopic (exact) mass is 416 g/mol. The van der Waals surface area contributed by atoms with Crippen molar-refractivity contribution >= 4 is 38.7 Å². The molecule has 1 fully saturated rings. The number of hydrogen-bond acceptors (Lipinski definition) is 6. The molecule has 1 atom stereocenters. The van der Waals surface area contributed by atoms with Gasteiger partial charge in [-0.1, -0.05) is 49.2 Å². The number of aromatic nitrogens is 2. The predicted octanol–water partition coefficient (Wildman–Crippen LogP) is 2.77. The van der Waals surface area contributed by atoms with Crippen LogP contribution < -0.4 is 10.0 Å². The summed E-state index contributed by atoms with van der Waals surface area (Å²) in [7, 11) is -3.99. The van der Waals surface area contributed by atoms with Crippen molar-refractivity contribution in [2.24, 2.45) is 0 Å². The van der Waals surface area contributed by atoms with Gasteiger partial charge in [-0.3, -0.25) is 4.79 Å². The third-order valence-corrected chi connectivity index (χ3v) is 6.91. The van der Waals surface area contributed by atoms with Crippen LogP contribution in [0.5, 0.6) is 0 Å². The number of rotatable bonds is 6. The van der Waals surface area contributed by atoms with E-state index in [1.54, 1.807) is 36.4 Å². The van der Waals surface area contributed by atoms with E-state index in [4.69, 9.17) is 0 Å². The zero-order valence-electron chi connectivity index (χ0n) is 15.0. The van der Waals surface area contributed by atoms with Crippen LogP contribution in [0.25, 0.3) is 11.0 Å². The largest absolute Gasteiger partial charge is 0.352 e. The predicted molar refractivity (Wildman–Crippen MR) is 107 cm³/mol. The molecule has 28 heavy (non-hydrogen) atoms. The Hall–Kier alpha value is -2.36. The average Bonchev–Trinajstić information content (AvgIpc) is 3.38. The van der Waals surface area contributed by atoms with Crippen molar-refractivity contribution in [1.29, 1.82) is 0 Å². The van der Waals surface area contributed by atoms with Gasteiger partial charge in [0, 0.05) is 6.04 Å². The molecule has 3 aromatic rings. The lowest BCUT2D eigenvalue weighted by Crippen LogP contribution is -2.43. The summed E-state index contributed by atoms with van der Waals surface area (Å²) in [6, 6.07) is 12.7. The van der Waals surface area contributed by atoms with Crippen molar-refractivity contribution < 1.29 is 13.2 Å². The second-order valence-corrected chi connectivity index (χ2v) is 9.05. The van der Waals surface area contributed by atoms with Crippen LogP contribution in [0.3, 0.4) is 0 Å². The maximum atomic E-state index is 13.1. The fourth-order valence-electron chi connectivity index (χ4n) is 3.49. The Balaban J connectivity index is 1.66. The van der Waals surface area contributed by atoms with Crippen molar-refractivity contribution in [2.75, 3.05) is 0 Å². The Bertz CT molecular complexity index is 1080. The summed E-state index contributed by atoms with van der Waals surface area (Å²) < 4.78 is 37.0. The molecule has 146 valence electrons. The number of hydrogen-bond donors (Lipinski definition) is 2. The van der Waals surface area contributed by atoms with E-state index in [-0.39, 0.29) is 16.8 Å². The first-order valence-corrected chi connectivity index (χ1v) is 11.3. The lowest BCUT2D eigenvalue weighted by atomic mass is 10.1. The normalized spacial score (nSPS) is 16.3. The Kier molecular flexibility index (Phi) is 5.38. The summed E-state index contributed by atoms with van der Waals surface area (Å²) in [6.07, 6.45) is 3.99. The van der Waals surface area contributed by atoms with Gasteiger partial charge in [-0.25, -0.2) is 8.42 Å². The van der Waals surface area contributed by atoms with E-state index in [9.17, 15) is 13.2 Å². The molecule has 1 amide bonds. The molecule has 0 saturated heterocycles. The molecule has 0 spiro atoms. The SMILES string of the molecule is O=C(NC1CCCC1)[C@@H](NS(=O)(=O)c1cccc2nsnc12)c1ccccc1. The first-order chi connectivity index (χ1) is 13.5. The summed E-state index contributed by atoms with van der Waals surface area (Å²) in [5.74, 6) is -0.342. The Morgan fingerprint density at radius 3 is 2.54 bits per heavy atom. The molecule has 0 unspecified atom stereocenters. The van der Waals surface area contributed by atoms with Gasteiger partial charge in [0.15, 0.2) is 0 Å². The molecule has 0 radical (unpaired) electrons. The van der Waals surface area contributed by atoms with Gasteiger partial charge in [0.2, 0.25) is 15.9 Å². The van der Waals surface area contributed by atoms with Crippen LogP contribution in [0.1, 0.15) is 37.3 Å². The van der Waals surface area contributed by atoms with Gasteiger partial charge in [-0.15, -0.1) is 0 Å². The second kappa shape index (κ2) is 7.94. The molecule has 1 heterocycles. The third-order valence-electron chi connectivity index (χ3n) is 4.91. The summed E-state index contributed by atoms with van der Waals surface area (Å²) >= 11 is 0.955. The van der Waals surface area contributed by atoms with E-state index >= 15 is 0 Å². The molecule has 9 heteroatoms. The minimum Gasteiger partial charge on any atom is -0.352 e. The van der Waals surface area contributed by atoms with Crippen molar-refractivity contribution in [3.63, 3.8) is 0 Å². The highest BCUT2D eigenvalue weighted by atomic mass is 32.2. The van der Waals surface area contributed by atoms with Crippen molar-refractivity contribution in [2.45, 2.75) is 42.7 Å². The van der Waals surface area contributed by atoms with Gasteiger partial charge in [0.05, 0.1) is 11.7 Å². The van der Waals surface area contributed by atoms with Crippen LogP contribution in [0.15, 0.2) is 53.4 Å². The number of benzene rings is 2. The molecule has 1 saturated carbocycles. The molecular weight excluding hydrogens is 396 g/mol. The number of sulfonamides is 1. The lowest BCUT2D eigenvalue weighted by Gasteiger charge is -2.21. The van der Waals surface area contributed by atoms with Crippen LogP contribution in [0.4, 0.5) is 0 Å². The van der Waals surface area contributed by atoms with Crippen LogP contribution in [-0.4, -0.2) is 29.1 Å². The first-order valence-electron chi connectivity index (χ1n) is 9.13. The van der Waals surface area contributed by atoms with Crippen LogP contribution in [-0.2, 0) is 14.8 Å². The average molecular weight is 417 g/mol. The second-order valence-electron chi connectivity index (χ2n) is 6.84. The first kappa shape index (κ1) is 19.0. The summed E-state index contributed by atoms with van der Waals surface area (Å²) in [6.45, 7) is 0. The van der Waals surface area contributed by atoms with Gasteiger partial charge < -0.3 is 5.32 Å². The Morgan fingerprint density at radius 2 is 1.79 bits per heavy atom. The molecule has 1 aliphatic carbocycles. The highest BCUT2D eigenvalue weighted by molar-refractivity contribution is 7.89. The van der Waals surface area contributed by atoms with E-state index in [1.165, 1.54) is 6.07 Å². The van der Waals surface area contributed by atoms with E-state index in [0.717, 1.165) is 37.4 Å². The van der Waals surface area contributed by atoms with Gasteiger partial charge in [0.25, 0.3) is 0 Å². The number of carbonyl (C=O) groups excluding carboxylic acids is 1. The molecule has 0 aliphatic heterocycles. The highest BCUT2D eigenvalue weighted by Crippen LogP contribution is 2.25. The topological polar surface area (TPSA) is 101 Å². The summed E-state index contributed by atoms with van der Waals surface area (Å²) in [5, 5.41) is 2.99. The standard InChI is InChI=1S/C19H20N4O3S2/c24-19(20-14-9-4-5-10-14)17(13-7-2-1-3-8-13)23-28(25,26)16-12-6-11-15-18(16)22-27-21-15/h1-3,6-8,11-12,14,17,23H,4-5,9-10H2,(H,20,24)/t17-/m0/s1. The molecule has 2 aromatic carbocycles. The van der Waals surface area contributed by atoms with Gasteiger partial charge in [-0.2, -0.15) is 13.5 Å². The molecule has 7 nitrogen and oxygen atoms in total. The zero-order valence-corrected chi connectivity index (χ0v) is 16.7. The fraction of sp³-hybridized carbons (Fsp3) is 0.316. The zero-order chi connectivity index (χ0) is 19.6. The molecule has 1 aromatic heterocycles. The number of fused-ring (bicyclic) bond motifs is 1. The molecule has 2 N–H and O–H groups in total. The van der Waals surface area contributed by atoms with E-state index in [1.807, 2.05) is 6.07 Å². The minimum atomic E-state index is -3.99. The van der Waals surface area contributed by atoms with Crippen molar-refractivity contribution in [3.05, 3.63) is 54.1 Å². The molecule has 4 rings (SSSR count). The quantitative estimate of drug-likeness (QED) is 0.643. The maximum absolute atomic E-state index is 13.1. The van der Waals surface area contributed by atoms with Crippen molar-refractivity contribution in [3.8, 4) is 0 Å².